The summed E-state index contributed by atoms with van der Waals surface area (Å²) in [7, 11) is 0. The third-order valence-electron chi connectivity index (χ3n) is 6.46. The highest BCUT2D eigenvalue weighted by Gasteiger charge is 2.47. The van der Waals surface area contributed by atoms with Crippen molar-refractivity contribution >= 4 is 11.9 Å². The van der Waals surface area contributed by atoms with Gasteiger partial charge in [-0.3, -0.25) is 14.5 Å². The van der Waals surface area contributed by atoms with E-state index in [-0.39, 0.29) is 18.3 Å². The average molecular weight is 457 g/mol. The van der Waals surface area contributed by atoms with Gasteiger partial charge in [0.05, 0.1) is 18.6 Å². The smallest absolute Gasteiger partial charge is 0.308 e. The van der Waals surface area contributed by atoms with E-state index in [4.69, 9.17) is 4.74 Å². The summed E-state index contributed by atoms with van der Waals surface area (Å²) in [5.41, 5.74) is 2.24. The zero-order valence-corrected chi connectivity index (χ0v) is 19.7. The Morgan fingerprint density at radius 2 is 1.47 bits per heavy atom. The number of amides is 1. The highest BCUT2D eigenvalue weighted by Crippen LogP contribution is 2.35. The fourth-order valence-corrected chi connectivity index (χ4v) is 4.82. The monoisotopic (exact) mass is 456 g/mol. The van der Waals surface area contributed by atoms with Gasteiger partial charge < -0.3 is 9.64 Å². The first-order valence-corrected chi connectivity index (χ1v) is 11.9. The number of carbonyl (C=O) groups excluding carboxylic acids is 2. The Hall–Kier alpha value is -3.44. The van der Waals surface area contributed by atoms with Crippen LogP contribution < -0.4 is 0 Å². The van der Waals surface area contributed by atoms with Crippen LogP contribution in [0.1, 0.15) is 41.3 Å². The van der Waals surface area contributed by atoms with Gasteiger partial charge in [-0.05, 0) is 36.6 Å². The van der Waals surface area contributed by atoms with E-state index in [9.17, 15) is 9.59 Å². The number of benzene rings is 3. The van der Waals surface area contributed by atoms with Crippen molar-refractivity contribution in [3.05, 3.63) is 108 Å². The molecule has 1 saturated heterocycles. The molecule has 1 aliphatic rings. The van der Waals surface area contributed by atoms with E-state index >= 15 is 0 Å². The molecule has 5 nitrogen and oxygen atoms in total. The van der Waals surface area contributed by atoms with Crippen molar-refractivity contribution in [1.29, 1.82) is 0 Å². The molecule has 0 bridgehead atoms. The van der Waals surface area contributed by atoms with Crippen molar-refractivity contribution in [3.63, 3.8) is 0 Å². The lowest BCUT2D eigenvalue weighted by molar-refractivity contribution is -0.146. The molecule has 1 unspecified atom stereocenters. The van der Waals surface area contributed by atoms with E-state index in [1.165, 1.54) is 5.56 Å². The summed E-state index contributed by atoms with van der Waals surface area (Å²) >= 11 is 0. The second-order valence-electron chi connectivity index (χ2n) is 8.90. The van der Waals surface area contributed by atoms with Gasteiger partial charge in [-0.25, -0.2) is 0 Å². The van der Waals surface area contributed by atoms with Gasteiger partial charge >= 0.3 is 5.97 Å². The van der Waals surface area contributed by atoms with E-state index in [0.717, 1.165) is 18.7 Å². The number of carbonyl (C=O) groups is 2. The van der Waals surface area contributed by atoms with Gasteiger partial charge in [0.25, 0.3) is 5.91 Å². The lowest BCUT2D eigenvalue weighted by Gasteiger charge is -2.41. The molecule has 1 atom stereocenters. The Kier molecular flexibility index (Phi) is 7.76. The topological polar surface area (TPSA) is 49.9 Å². The number of likely N-dealkylation sites (tertiary alicyclic amines) is 1. The van der Waals surface area contributed by atoms with Crippen molar-refractivity contribution < 1.29 is 14.3 Å². The SMILES string of the molecule is CCOC(=O)CC1(N(Cc2ccccc2)C(=O)c2ccccc2)CCN(Cc2ccccc2)C1. The summed E-state index contributed by atoms with van der Waals surface area (Å²) in [6, 6.07) is 29.7. The fourth-order valence-electron chi connectivity index (χ4n) is 4.82. The van der Waals surface area contributed by atoms with Crippen LogP contribution >= 0.6 is 0 Å². The lowest BCUT2D eigenvalue weighted by atomic mass is 9.90. The third kappa shape index (κ3) is 5.72. The minimum atomic E-state index is -0.649. The van der Waals surface area contributed by atoms with Crippen molar-refractivity contribution in [2.75, 3.05) is 19.7 Å². The average Bonchev–Trinajstić information content (AvgIpc) is 3.27. The molecule has 1 aliphatic heterocycles. The van der Waals surface area contributed by atoms with Crippen molar-refractivity contribution in [3.8, 4) is 0 Å². The number of esters is 1. The normalized spacial score (nSPS) is 17.9. The first kappa shape index (κ1) is 23.7. The number of ether oxygens (including phenoxy) is 1. The maximum absolute atomic E-state index is 13.9. The first-order chi connectivity index (χ1) is 16.6. The van der Waals surface area contributed by atoms with E-state index in [0.29, 0.717) is 31.7 Å². The Labute approximate surface area is 202 Å². The van der Waals surface area contributed by atoms with Gasteiger partial charge in [0.2, 0.25) is 0 Å². The van der Waals surface area contributed by atoms with E-state index in [2.05, 4.69) is 17.0 Å². The van der Waals surface area contributed by atoms with Crippen LogP contribution in [-0.4, -0.2) is 46.9 Å². The van der Waals surface area contributed by atoms with Crippen LogP contribution in [-0.2, 0) is 22.6 Å². The molecule has 0 aliphatic carbocycles. The van der Waals surface area contributed by atoms with Crippen LogP contribution in [0.5, 0.6) is 0 Å². The van der Waals surface area contributed by atoms with E-state index in [1.54, 1.807) is 0 Å². The molecule has 0 N–H and O–H groups in total. The fraction of sp³-hybridized carbons (Fsp3) is 0.310. The predicted octanol–water partition coefficient (Wildman–Crippen LogP) is 4.93. The van der Waals surface area contributed by atoms with E-state index < -0.39 is 5.54 Å². The van der Waals surface area contributed by atoms with Crippen LogP contribution in [0, 0.1) is 0 Å². The van der Waals surface area contributed by atoms with Crippen LogP contribution in [0.15, 0.2) is 91.0 Å². The molecule has 0 spiro atoms. The Morgan fingerprint density at radius 3 is 2.09 bits per heavy atom. The van der Waals surface area contributed by atoms with Crippen LogP contribution in [0.3, 0.4) is 0 Å². The largest absolute Gasteiger partial charge is 0.466 e. The van der Waals surface area contributed by atoms with Gasteiger partial charge in [-0.1, -0.05) is 78.9 Å². The first-order valence-electron chi connectivity index (χ1n) is 11.9. The zero-order valence-electron chi connectivity index (χ0n) is 19.7. The van der Waals surface area contributed by atoms with Crippen LogP contribution in [0.25, 0.3) is 0 Å². The second-order valence-corrected chi connectivity index (χ2v) is 8.90. The summed E-state index contributed by atoms with van der Waals surface area (Å²) in [5, 5.41) is 0. The summed E-state index contributed by atoms with van der Waals surface area (Å²) < 4.78 is 5.37. The molecule has 1 amide bonds. The maximum atomic E-state index is 13.9. The van der Waals surface area contributed by atoms with Crippen LogP contribution in [0.4, 0.5) is 0 Å². The number of rotatable bonds is 9. The van der Waals surface area contributed by atoms with Gasteiger partial charge in [-0.15, -0.1) is 0 Å². The molecule has 3 aromatic carbocycles. The molecule has 176 valence electrons. The summed E-state index contributed by atoms with van der Waals surface area (Å²) in [6.07, 6.45) is 0.890. The van der Waals surface area contributed by atoms with Crippen molar-refractivity contribution in [1.82, 2.24) is 9.80 Å². The molecule has 1 fully saturated rings. The maximum Gasteiger partial charge on any atom is 0.308 e. The van der Waals surface area contributed by atoms with Crippen molar-refractivity contribution in [2.24, 2.45) is 0 Å². The standard InChI is InChI=1S/C29H32N2O3/c1-2-34-27(32)20-29(18-19-30(23-29)21-24-12-6-3-7-13-24)31(22-25-14-8-4-9-15-25)28(33)26-16-10-5-11-17-26/h3-17H,2,18-23H2,1H3. The van der Waals surface area contributed by atoms with E-state index in [1.807, 2.05) is 90.7 Å². The molecule has 0 radical (unpaired) electrons. The minimum absolute atomic E-state index is 0.0599. The summed E-state index contributed by atoms with van der Waals surface area (Å²) in [6.45, 7) is 4.79. The number of hydrogen-bond donors (Lipinski definition) is 0. The summed E-state index contributed by atoms with van der Waals surface area (Å²) in [4.78, 5) is 31.0. The molecule has 1 heterocycles. The summed E-state index contributed by atoms with van der Waals surface area (Å²) in [5.74, 6) is -0.321. The molecule has 3 aromatic rings. The zero-order chi connectivity index (χ0) is 23.8. The van der Waals surface area contributed by atoms with Crippen LogP contribution in [0.2, 0.25) is 0 Å². The molecule has 34 heavy (non-hydrogen) atoms. The second kappa shape index (κ2) is 11.1. The Morgan fingerprint density at radius 1 is 0.882 bits per heavy atom. The number of hydrogen-bond acceptors (Lipinski definition) is 4. The molecular weight excluding hydrogens is 424 g/mol. The molecular formula is C29H32N2O3. The highest BCUT2D eigenvalue weighted by molar-refractivity contribution is 5.95. The van der Waals surface area contributed by atoms with Gasteiger partial charge in [0.15, 0.2) is 0 Å². The molecule has 0 aromatic heterocycles. The van der Waals surface area contributed by atoms with Gasteiger partial charge in [-0.2, -0.15) is 0 Å². The number of nitrogens with zero attached hydrogens (tertiary/aromatic N) is 2. The molecule has 5 heteroatoms. The third-order valence-corrected chi connectivity index (χ3v) is 6.46. The highest BCUT2D eigenvalue weighted by atomic mass is 16.5. The molecule has 4 rings (SSSR count). The Bertz CT molecular complexity index is 1070. The minimum Gasteiger partial charge on any atom is -0.466 e. The predicted molar refractivity (Wildman–Crippen MR) is 133 cm³/mol. The van der Waals surface area contributed by atoms with Gasteiger partial charge in [0, 0.05) is 31.7 Å². The lowest BCUT2D eigenvalue weighted by Crippen LogP contribution is -2.54. The Balaban J connectivity index is 1.68. The molecule has 0 saturated carbocycles. The van der Waals surface area contributed by atoms with Crippen molar-refractivity contribution in [2.45, 2.75) is 38.4 Å². The van der Waals surface area contributed by atoms with Gasteiger partial charge in [0.1, 0.15) is 0 Å². The quantitative estimate of drug-likeness (QED) is 0.429.